The molecule has 0 spiro atoms. The van der Waals surface area contributed by atoms with E-state index in [0.717, 1.165) is 24.0 Å². The molecule has 0 unspecified atom stereocenters. The average Bonchev–Trinajstić information content (AvgIpc) is 2.90. The smallest absolute Gasteiger partial charge is 0.252 e. The highest BCUT2D eigenvalue weighted by atomic mass is 16.5. The van der Waals surface area contributed by atoms with Crippen LogP contribution in [-0.2, 0) is 15.9 Å². The monoisotopic (exact) mass is 473 g/mol. The second kappa shape index (κ2) is 12.0. The van der Waals surface area contributed by atoms with E-state index in [4.69, 9.17) is 14.2 Å². The molecule has 0 atom stereocenters. The minimum absolute atomic E-state index is 0.0544. The molecule has 0 aliphatic carbocycles. The first-order valence-corrected chi connectivity index (χ1v) is 11.5. The number of hydrogen-bond acceptors (Lipinski definition) is 8. The fourth-order valence-electron chi connectivity index (χ4n) is 3.76. The third kappa shape index (κ3) is 6.59. The lowest BCUT2D eigenvalue weighted by Crippen LogP contribution is -2.27. The summed E-state index contributed by atoms with van der Waals surface area (Å²) >= 11 is 0. The topological polar surface area (TPSA) is 119 Å². The fourth-order valence-corrected chi connectivity index (χ4v) is 3.76. The van der Waals surface area contributed by atoms with Crippen molar-refractivity contribution in [3.8, 4) is 23.1 Å². The molecule has 1 N–H and O–H groups in total. The van der Waals surface area contributed by atoms with Crippen molar-refractivity contribution in [3.05, 3.63) is 71.4 Å². The van der Waals surface area contributed by atoms with E-state index in [9.17, 15) is 10.1 Å². The molecule has 3 aromatic rings. The first kappa shape index (κ1) is 24.3. The summed E-state index contributed by atoms with van der Waals surface area (Å²) in [6.45, 7) is 2.21. The highest BCUT2D eigenvalue weighted by Crippen LogP contribution is 2.27. The molecular formula is C26H27N5O4. The van der Waals surface area contributed by atoms with E-state index in [1.165, 1.54) is 6.20 Å². The Kier molecular flexibility index (Phi) is 8.33. The first-order chi connectivity index (χ1) is 17.2. The molecule has 0 saturated carbocycles. The number of ether oxygens (including phenoxy) is 3. The van der Waals surface area contributed by atoms with Gasteiger partial charge < -0.3 is 19.5 Å². The summed E-state index contributed by atoms with van der Waals surface area (Å²) < 4.78 is 16.4. The molecule has 9 heteroatoms. The summed E-state index contributed by atoms with van der Waals surface area (Å²) in [6.07, 6.45) is 6.99. The third-order valence-corrected chi connectivity index (χ3v) is 5.57. The van der Waals surface area contributed by atoms with Crippen molar-refractivity contribution in [1.82, 2.24) is 20.3 Å². The molecule has 0 radical (unpaired) electrons. The summed E-state index contributed by atoms with van der Waals surface area (Å²) in [5, 5.41) is 12.5. The molecule has 3 heterocycles. The molecular weight excluding hydrogens is 446 g/mol. The van der Waals surface area contributed by atoms with Gasteiger partial charge in [0.15, 0.2) is 0 Å². The molecule has 2 aromatic heterocycles. The Hall–Kier alpha value is -3.87. The van der Waals surface area contributed by atoms with Crippen LogP contribution >= 0.6 is 0 Å². The van der Waals surface area contributed by atoms with Crippen LogP contribution in [0.5, 0.6) is 5.75 Å². The van der Waals surface area contributed by atoms with Crippen molar-refractivity contribution in [3.63, 3.8) is 0 Å². The van der Waals surface area contributed by atoms with Crippen LogP contribution < -0.4 is 10.1 Å². The van der Waals surface area contributed by atoms with Crippen LogP contribution in [0.1, 0.15) is 40.2 Å². The predicted molar refractivity (Wildman–Crippen MR) is 128 cm³/mol. The van der Waals surface area contributed by atoms with Gasteiger partial charge in [0, 0.05) is 57.1 Å². The fraction of sp³-hybridized carbons (Fsp3) is 0.346. The molecule has 1 fully saturated rings. The van der Waals surface area contributed by atoms with E-state index < -0.39 is 0 Å². The number of hydrogen-bond donors (Lipinski definition) is 1. The van der Waals surface area contributed by atoms with E-state index in [1.807, 2.05) is 12.1 Å². The maximum atomic E-state index is 12.3. The number of nitrogens with one attached hydrogen (secondary N) is 1. The number of aromatic nitrogens is 3. The number of methoxy groups -OCH3 is 1. The van der Waals surface area contributed by atoms with Crippen LogP contribution in [0.4, 0.5) is 0 Å². The standard InChI is InChI=1S/C26H27N5O4/c1-33-11-8-30-26(32)21-12-18(16-28-17-21)13-25-29-7-4-23(31-25)19-2-3-24(20(14-19)15-27)35-22-5-9-34-10-6-22/h2-4,7,12,14,16-17,22H,5-6,8-11,13H2,1H3,(H,30,32). The van der Waals surface area contributed by atoms with E-state index in [1.54, 1.807) is 37.7 Å². The van der Waals surface area contributed by atoms with E-state index >= 15 is 0 Å². The highest BCUT2D eigenvalue weighted by Gasteiger charge is 2.17. The largest absolute Gasteiger partial charge is 0.489 e. The van der Waals surface area contributed by atoms with Gasteiger partial charge in [0.25, 0.3) is 5.91 Å². The molecule has 0 bridgehead atoms. The average molecular weight is 474 g/mol. The van der Waals surface area contributed by atoms with Crippen LogP contribution in [0.2, 0.25) is 0 Å². The van der Waals surface area contributed by atoms with Crippen molar-refractivity contribution in [2.24, 2.45) is 0 Å². The third-order valence-electron chi connectivity index (χ3n) is 5.57. The number of rotatable bonds is 9. The van der Waals surface area contributed by atoms with Crippen molar-refractivity contribution in [2.45, 2.75) is 25.4 Å². The van der Waals surface area contributed by atoms with Crippen LogP contribution in [0.15, 0.2) is 48.9 Å². The Balaban J connectivity index is 1.48. The SMILES string of the molecule is COCCNC(=O)c1cncc(Cc2nccc(-c3ccc(OC4CCOCC4)c(C#N)c3)n2)c1. The Labute approximate surface area is 204 Å². The zero-order chi connectivity index (χ0) is 24.5. The van der Waals surface area contributed by atoms with Crippen LogP contribution in [0.25, 0.3) is 11.3 Å². The zero-order valence-electron chi connectivity index (χ0n) is 19.6. The Bertz CT molecular complexity index is 1200. The van der Waals surface area contributed by atoms with Gasteiger partial charge in [-0.2, -0.15) is 5.26 Å². The number of benzene rings is 1. The maximum Gasteiger partial charge on any atom is 0.252 e. The van der Waals surface area contributed by atoms with E-state index in [-0.39, 0.29) is 12.0 Å². The quantitative estimate of drug-likeness (QED) is 0.471. The number of amides is 1. The first-order valence-electron chi connectivity index (χ1n) is 11.5. The molecule has 9 nitrogen and oxygen atoms in total. The minimum atomic E-state index is -0.210. The molecule has 1 aromatic carbocycles. The van der Waals surface area contributed by atoms with Gasteiger partial charge in [-0.15, -0.1) is 0 Å². The van der Waals surface area contributed by atoms with Crippen LogP contribution in [0.3, 0.4) is 0 Å². The molecule has 4 rings (SSSR count). The van der Waals surface area contributed by atoms with Gasteiger partial charge in [0.2, 0.25) is 0 Å². The summed E-state index contributed by atoms with van der Waals surface area (Å²) in [5.41, 5.74) is 3.25. The molecule has 180 valence electrons. The molecule has 1 saturated heterocycles. The Morgan fingerprint density at radius 2 is 2.09 bits per heavy atom. The molecule has 1 amide bonds. The van der Waals surface area contributed by atoms with Gasteiger partial charge in [-0.05, 0) is 35.9 Å². The van der Waals surface area contributed by atoms with Gasteiger partial charge in [-0.25, -0.2) is 9.97 Å². The van der Waals surface area contributed by atoms with E-state index in [0.29, 0.717) is 61.2 Å². The van der Waals surface area contributed by atoms with Crippen molar-refractivity contribution in [1.29, 1.82) is 5.26 Å². The number of carbonyl (C=O) groups is 1. The van der Waals surface area contributed by atoms with Gasteiger partial charge in [0.1, 0.15) is 23.7 Å². The number of carbonyl (C=O) groups excluding carboxylic acids is 1. The number of nitrogens with zero attached hydrogens (tertiary/aromatic N) is 4. The molecule has 35 heavy (non-hydrogen) atoms. The number of pyridine rings is 1. The second-order valence-corrected chi connectivity index (χ2v) is 8.12. The lowest BCUT2D eigenvalue weighted by Gasteiger charge is -2.23. The zero-order valence-corrected chi connectivity index (χ0v) is 19.6. The normalized spacial score (nSPS) is 13.7. The summed E-state index contributed by atoms with van der Waals surface area (Å²) in [6, 6.07) is 11.3. The van der Waals surface area contributed by atoms with Gasteiger partial charge in [-0.3, -0.25) is 9.78 Å². The van der Waals surface area contributed by atoms with Crippen molar-refractivity contribution >= 4 is 5.91 Å². The van der Waals surface area contributed by atoms with Gasteiger partial charge in [0.05, 0.1) is 36.6 Å². The Morgan fingerprint density at radius 3 is 2.89 bits per heavy atom. The van der Waals surface area contributed by atoms with Crippen LogP contribution in [0, 0.1) is 11.3 Å². The van der Waals surface area contributed by atoms with E-state index in [2.05, 4.69) is 26.3 Å². The minimum Gasteiger partial charge on any atom is -0.489 e. The van der Waals surface area contributed by atoms with Gasteiger partial charge >= 0.3 is 0 Å². The van der Waals surface area contributed by atoms with Gasteiger partial charge in [-0.1, -0.05) is 0 Å². The lowest BCUT2D eigenvalue weighted by molar-refractivity contribution is 0.0254. The van der Waals surface area contributed by atoms with Crippen molar-refractivity contribution < 1.29 is 19.0 Å². The Morgan fingerprint density at radius 1 is 1.23 bits per heavy atom. The van der Waals surface area contributed by atoms with Crippen molar-refractivity contribution in [2.75, 3.05) is 33.5 Å². The lowest BCUT2D eigenvalue weighted by atomic mass is 10.1. The molecule has 1 aliphatic rings. The van der Waals surface area contributed by atoms with Crippen LogP contribution in [-0.4, -0.2) is 60.4 Å². The summed E-state index contributed by atoms with van der Waals surface area (Å²) in [7, 11) is 1.58. The maximum absolute atomic E-state index is 12.3. The number of nitriles is 1. The predicted octanol–water partition coefficient (Wildman–Crippen LogP) is 2.94. The molecule has 1 aliphatic heterocycles. The second-order valence-electron chi connectivity index (χ2n) is 8.12. The summed E-state index contributed by atoms with van der Waals surface area (Å²) in [4.78, 5) is 25.5. The highest BCUT2D eigenvalue weighted by molar-refractivity contribution is 5.94. The summed E-state index contributed by atoms with van der Waals surface area (Å²) in [5.74, 6) is 0.949.